The highest BCUT2D eigenvalue weighted by Gasteiger charge is 2.38. The van der Waals surface area contributed by atoms with E-state index in [2.05, 4.69) is 10.1 Å². The first-order valence-corrected chi connectivity index (χ1v) is 6.93. The lowest BCUT2D eigenvalue weighted by Gasteiger charge is -2.31. The molecular formula is C13H21F3N2O3. The van der Waals surface area contributed by atoms with Crippen molar-refractivity contribution >= 4 is 11.8 Å². The quantitative estimate of drug-likeness (QED) is 0.756. The average molecular weight is 310 g/mol. The zero-order valence-corrected chi connectivity index (χ0v) is 12.3. The van der Waals surface area contributed by atoms with Crippen LogP contribution in [0, 0.1) is 0 Å². The molecule has 1 heterocycles. The summed E-state index contributed by atoms with van der Waals surface area (Å²) < 4.78 is 40.2. The van der Waals surface area contributed by atoms with Crippen molar-refractivity contribution < 1.29 is 27.5 Å². The number of alkyl halides is 3. The Balaban J connectivity index is 2.46. The Morgan fingerprint density at radius 3 is 2.62 bits per heavy atom. The molecule has 8 heteroatoms. The molecule has 0 radical (unpaired) electrons. The van der Waals surface area contributed by atoms with Crippen molar-refractivity contribution in [2.45, 2.75) is 44.8 Å². The maximum atomic E-state index is 12.4. The lowest BCUT2D eigenvalue weighted by Crippen LogP contribution is -2.54. The number of carbonyl (C=O) groups is 2. The first-order valence-electron chi connectivity index (χ1n) is 6.93. The lowest BCUT2D eigenvalue weighted by molar-refractivity contribution is -0.174. The summed E-state index contributed by atoms with van der Waals surface area (Å²) in [7, 11) is 0. The van der Waals surface area contributed by atoms with Gasteiger partial charge in [0.1, 0.15) is 12.1 Å². The number of hydrogen-bond donors (Lipinski definition) is 1. The monoisotopic (exact) mass is 310 g/mol. The largest absolute Gasteiger partial charge is 0.411 e. The molecule has 1 fully saturated rings. The van der Waals surface area contributed by atoms with Gasteiger partial charge >= 0.3 is 6.18 Å². The number of halogens is 3. The summed E-state index contributed by atoms with van der Waals surface area (Å²) in [5, 5.41) is 2.70. The molecule has 1 N–H and O–H groups in total. The molecule has 21 heavy (non-hydrogen) atoms. The molecule has 1 rings (SSSR count). The van der Waals surface area contributed by atoms with Gasteiger partial charge in [0.25, 0.3) is 0 Å². The summed E-state index contributed by atoms with van der Waals surface area (Å²) in [6.07, 6.45) is -3.38. The fourth-order valence-corrected chi connectivity index (χ4v) is 2.11. The fourth-order valence-electron chi connectivity index (χ4n) is 2.11. The summed E-state index contributed by atoms with van der Waals surface area (Å²) in [6, 6.07) is 0. The van der Waals surface area contributed by atoms with Crippen LogP contribution in [0.15, 0.2) is 0 Å². The van der Waals surface area contributed by atoms with Gasteiger partial charge in [-0.1, -0.05) is 6.92 Å². The van der Waals surface area contributed by atoms with Gasteiger partial charge in [-0.25, -0.2) is 0 Å². The Bertz CT molecular complexity index is 387. The van der Waals surface area contributed by atoms with Crippen LogP contribution in [-0.4, -0.2) is 54.7 Å². The molecule has 0 aromatic heterocycles. The van der Waals surface area contributed by atoms with Crippen LogP contribution in [0.4, 0.5) is 13.2 Å². The molecule has 0 aliphatic carbocycles. The van der Waals surface area contributed by atoms with Crippen molar-refractivity contribution in [2.24, 2.45) is 0 Å². The number of ether oxygens (including phenoxy) is 1. The first-order chi connectivity index (χ1) is 9.68. The zero-order valence-electron chi connectivity index (χ0n) is 12.3. The van der Waals surface area contributed by atoms with Crippen LogP contribution in [0.5, 0.6) is 0 Å². The van der Waals surface area contributed by atoms with E-state index in [0.717, 1.165) is 0 Å². The second kappa shape index (κ2) is 7.11. The lowest BCUT2D eigenvalue weighted by atomic mass is 9.97. The topological polar surface area (TPSA) is 58.6 Å². The molecule has 1 aliphatic heterocycles. The summed E-state index contributed by atoms with van der Waals surface area (Å²) in [5.74, 6) is -0.393. The molecule has 0 aromatic carbocycles. The third-order valence-corrected chi connectivity index (χ3v) is 3.47. The number of nitrogens with one attached hydrogen (secondary N) is 1. The summed E-state index contributed by atoms with van der Waals surface area (Å²) >= 11 is 0. The number of carbonyl (C=O) groups excluding carboxylic acids is 2. The van der Waals surface area contributed by atoms with Gasteiger partial charge in [-0.3, -0.25) is 9.59 Å². The SMILES string of the molecule is CCC1(C)NC(=O)CCN(CCCOCC(F)(F)F)C1=O. The van der Waals surface area contributed by atoms with Gasteiger partial charge in [-0.2, -0.15) is 13.2 Å². The smallest absolute Gasteiger partial charge is 0.372 e. The van der Waals surface area contributed by atoms with Gasteiger partial charge < -0.3 is 15.0 Å². The van der Waals surface area contributed by atoms with E-state index in [1.807, 2.05) is 0 Å². The third kappa shape index (κ3) is 5.53. The maximum Gasteiger partial charge on any atom is 0.411 e. The van der Waals surface area contributed by atoms with Crippen LogP contribution in [0.3, 0.4) is 0 Å². The molecule has 0 bridgehead atoms. The number of nitrogens with zero attached hydrogens (tertiary/aromatic N) is 1. The number of rotatable bonds is 6. The molecule has 0 aromatic rings. The van der Waals surface area contributed by atoms with Crippen molar-refractivity contribution in [3.05, 3.63) is 0 Å². The standard InChI is InChI=1S/C13H21F3N2O3/c1-3-12(2)11(20)18(7-5-10(19)17-12)6-4-8-21-9-13(14,15)16/h3-9H2,1-2H3,(H,17,19). The second-order valence-electron chi connectivity index (χ2n) is 5.30. The highest BCUT2D eigenvalue weighted by Crippen LogP contribution is 2.18. The van der Waals surface area contributed by atoms with Crippen molar-refractivity contribution in [1.82, 2.24) is 10.2 Å². The third-order valence-electron chi connectivity index (χ3n) is 3.47. The molecule has 1 aliphatic rings. The van der Waals surface area contributed by atoms with Crippen molar-refractivity contribution in [2.75, 3.05) is 26.3 Å². The van der Waals surface area contributed by atoms with Crippen LogP contribution in [0.25, 0.3) is 0 Å². The Kier molecular flexibility index (Phi) is 6.00. The van der Waals surface area contributed by atoms with Crippen LogP contribution < -0.4 is 5.32 Å². The predicted octanol–water partition coefficient (Wildman–Crippen LogP) is 1.47. The Morgan fingerprint density at radius 1 is 1.38 bits per heavy atom. The highest BCUT2D eigenvalue weighted by molar-refractivity contribution is 5.93. The van der Waals surface area contributed by atoms with Gasteiger partial charge in [0.2, 0.25) is 11.8 Å². The summed E-state index contributed by atoms with van der Waals surface area (Å²) in [4.78, 5) is 25.5. The Hall–Kier alpha value is -1.31. The Morgan fingerprint density at radius 2 is 2.05 bits per heavy atom. The second-order valence-corrected chi connectivity index (χ2v) is 5.30. The normalized spacial score (nSPS) is 24.0. The van der Waals surface area contributed by atoms with E-state index in [-0.39, 0.29) is 37.9 Å². The van der Waals surface area contributed by atoms with Crippen LogP contribution in [0.1, 0.15) is 33.1 Å². The first kappa shape index (κ1) is 17.7. The van der Waals surface area contributed by atoms with E-state index < -0.39 is 18.3 Å². The highest BCUT2D eigenvalue weighted by atomic mass is 19.4. The van der Waals surface area contributed by atoms with E-state index in [9.17, 15) is 22.8 Å². The summed E-state index contributed by atoms with van der Waals surface area (Å²) in [6.45, 7) is 2.65. The molecule has 1 saturated heterocycles. The average Bonchev–Trinajstić information content (AvgIpc) is 2.48. The van der Waals surface area contributed by atoms with Gasteiger partial charge in [0, 0.05) is 26.1 Å². The van der Waals surface area contributed by atoms with E-state index >= 15 is 0 Å². The molecular weight excluding hydrogens is 289 g/mol. The molecule has 1 unspecified atom stereocenters. The number of amides is 2. The van der Waals surface area contributed by atoms with Crippen LogP contribution >= 0.6 is 0 Å². The Labute approximate surface area is 121 Å². The molecule has 5 nitrogen and oxygen atoms in total. The van der Waals surface area contributed by atoms with E-state index in [1.165, 1.54) is 4.90 Å². The molecule has 2 amide bonds. The minimum absolute atomic E-state index is 0.0759. The van der Waals surface area contributed by atoms with Crippen LogP contribution in [0.2, 0.25) is 0 Å². The van der Waals surface area contributed by atoms with E-state index in [0.29, 0.717) is 12.8 Å². The molecule has 1 atom stereocenters. The molecule has 122 valence electrons. The van der Waals surface area contributed by atoms with E-state index in [4.69, 9.17) is 0 Å². The van der Waals surface area contributed by atoms with Gasteiger partial charge in [-0.05, 0) is 19.8 Å². The number of hydrogen-bond acceptors (Lipinski definition) is 3. The summed E-state index contributed by atoms with van der Waals surface area (Å²) in [5.41, 5.74) is -0.944. The van der Waals surface area contributed by atoms with Gasteiger partial charge in [-0.15, -0.1) is 0 Å². The van der Waals surface area contributed by atoms with Gasteiger partial charge in [0.15, 0.2) is 0 Å². The maximum absolute atomic E-state index is 12.4. The predicted molar refractivity (Wildman–Crippen MR) is 69.5 cm³/mol. The van der Waals surface area contributed by atoms with Crippen LogP contribution in [-0.2, 0) is 14.3 Å². The molecule has 0 saturated carbocycles. The minimum atomic E-state index is -4.34. The van der Waals surface area contributed by atoms with Gasteiger partial charge in [0.05, 0.1) is 0 Å². The fraction of sp³-hybridized carbons (Fsp3) is 0.846. The van der Waals surface area contributed by atoms with Crippen molar-refractivity contribution in [3.8, 4) is 0 Å². The molecule has 0 spiro atoms. The minimum Gasteiger partial charge on any atom is -0.372 e. The van der Waals surface area contributed by atoms with Crippen molar-refractivity contribution in [3.63, 3.8) is 0 Å². The van der Waals surface area contributed by atoms with Crippen molar-refractivity contribution in [1.29, 1.82) is 0 Å². The van der Waals surface area contributed by atoms with E-state index in [1.54, 1.807) is 13.8 Å². The zero-order chi connectivity index (χ0) is 16.1.